The first-order valence-electron chi connectivity index (χ1n) is 9.89. The van der Waals surface area contributed by atoms with Crippen LogP contribution < -0.4 is 16.6 Å². The fourth-order valence-corrected chi connectivity index (χ4v) is 3.95. The summed E-state index contributed by atoms with van der Waals surface area (Å²) in [6.07, 6.45) is -4.01. The molecule has 0 spiro atoms. The van der Waals surface area contributed by atoms with E-state index in [4.69, 9.17) is 29.0 Å². The molecule has 2 heterocycles. The van der Waals surface area contributed by atoms with Crippen LogP contribution in [0.15, 0.2) is 54.7 Å². The molecule has 8 nitrogen and oxygen atoms in total. The summed E-state index contributed by atoms with van der Waals surface area (Å²) < 4.78 is 40.9. The number of rotatable bonds is 5. The molecule has 0 fully saturated rings. The lowest BCUT2D eigenvalue weighted by Gasteiger charge is -2.15. The van der Waals surface area contributed by atoms with E-state index in [1.807, 2.05) is 5.43 Å². The Morgan fingerprint density at radius 3 is 2.51 bits per heavy atom. The number of nitrogens with one attached hydrogen (secondary N) is 2. The summed E-state index contributed by atoms with van der Waals surface area (Å²) in [5.41, 5.74) is 0.542. The van der Waals surface area contributed by atoms with Crippen LogP contribution in [0.1, 0.15) is 21.7 Å². The van der Waals surface area contributed by atoms with Gasteiger partial charge in [0.05, 0.1) is 33.4 Å². The number of fused-ring (bicyclic) bond motifs is 1. The van der Waals surface area contributed by atoms with Gasteiger partial charge >= 0.3 is 6.18 Å². The molecule has 4 N–H and O–H groups in total. The van der Waals surface area contributed by atoms with E-state index in [-0.39, 0.29) is 32.8 Å². The molecule has 4 aromatic rings. The van der Waals surface area contributed by atoms with Crippen LogP contribution in [0.25, 0.3) is 16.6 Å². The largest absolute Gasteiger partial charge is 0.435 e. The van der Waals surface area contributed by atoms with Gasteiger partial charge in [-0.1, -0.05) is 47.5 Å². The van der Waals surface area contributed by atoms with Crippen molar-refractivity contribution in [1.29, 1.82) is 0 Å². The van der Waals surface area contributed by atoms with E-state index in [1.54, 1.807) is 24.3 Å². The molecular formula is C22H15Cl2F3N6O2. The maximum atomic E-state index is 13.4. The average molecular weight is 523 g/mol. The van der Waals surface area contributed by atoms with Crippen molar-refractivity contribution in [2.24, 2.45) is 5.84 Å². The highest BCUT2D eigenvalue weighted by Crippen LogP contribution is 2.35. The molecule has 0 radical (unpaired) electrons. The summed E-state index contributed by atoms with van der Waals surface area (Å²) in [6.45, 7) is 0. The van der Waals surface area contributed by atoms with Crippen LogP contribution in [0, 0.1) is 0 Å². The summed E-state index contributed by atoms with van der Waals surface area (Å²) in [7, 11) is 0. The average Bonchev–Trinajstić information content (AvgIpc) is 3.24. The van der Waals surface area contributed by atoms with Gasteiger partial charge in [-0.3, -0.25) is 15.0 Å². The minimum Gasteiger partial charge on any atom is -0.324 e. The van der Waals surface area contributed by atoms with Gasteiger partial charge in [0.25, 0.3) is 5.91 Å². The zero-order chi connectivity index (χ0) is 25.3. The van der Waals surface area contributed by atoms with Crippen molar-refractivity contribution in [3.8, 4) is 5.82 Å². The Morgan fingerprint density at radius 1 is 1.09 bits per heavy atom. The summed E-state index contributed by atoms with van der Waals surface area (Å²) in [5, 5.41) is 7.32. The number of hydrogen-bond donors (Lipinski definition) is 3. The minimum atomic E-state index is -4.77. The highest BCUT2D eigenvalue weighted by atomic mass is 35.5. The molecule has 180 valence electrons. The summed E-state index contributed by atoms with van der Waals surface area (Å²) in [5.74, 6) is 3.69. The first-order chi connectivity index (χ1) is 16.6. The summed E-state index contributed by atoms with van der Waals surface area (Å²) >= 11 is 12.6. The standard InChI is InChI=1S/C22H15Cl2F3N6O2/c23-15-6-3-7-29-20(15)33-12(9-16(32-33)22(25,26)27)10-17(34)30-19-14(21(35)31-28)8-11-4-1-2-5-13(11)18(19)24/h1-9H,10,28H2,(H,30,34)(H,31,35). The van der Waals surface area contributed by atoms with Crippen LogP contribution in [0.2, 0.25) is 10.0 Å². The van der Waals surface area contributed by atoms with Crippen molar-refractivity contribution in [2.75, 3.05) is 5.32 Å². The Morgan fingerprint density at radius 2 is 1.83 bits per heavy atom. The van der Waals surface area contributed by atoms with Crippen LogP contribution in [-0.2, 0) is 17.4 Å². The number of nitrogen functional groups attached to an aromatic ring is 1. The van der Waals surface area contributed by atoms with Crippen LogP contribution >= 0.6 is 23.2 Å². The maximum Gasteiger partial charge on any atom is 0.435 e. The number of amides is 2. The van der Waals surface area contributed by atoms with E-state index in [9.17, 15) is 22.8 Å². The van der Waals surface area contributed by atoms with Crippen molar-refractivity contribution < 1.29 is 22.8 Å². The van der Waals surface area contributed by atoms with Gasteiger partial charge in [-0.2, -0.15) is 18.3 Å². The lowest BCUT2D eigenvalue weighted by molar-refractivity contribution is -0.141. The molecule has 0 saturated heterocycles. The zero-order valence-electron chi connectivity index (χ0n) is 17.5. The topological polar surface area (TPSA) is 115 Å². The smallest absolute Gasteiger partial charge is 0.324 e. The van der Waals surface area contributed by atoms with Gasteiger partial charge < -0.3 is 5.32 Å². The molecular weight excluding hydrogens is 508 g/mol. The fraction of sp³-hybridized carbons (Fsp3) is 0.0909. The van der Waals surface area contributed by atoms with Crippen LogP contribution in [0.5, 0.6) is 0 Å². The number of nitrogens with zero attached hydrogens (tertiary/aromatic N) is 3. The monoisotopic (exact) mass is 522 g/mol. The third kappa shape index (κ3) is 4.92. The molecule has 0 aliphatic rings. The SMILES string of the molecule is NNC(=O)c1cc2ccccc2c(Cl)c1NC(=O)Cc1cc(C(F)(F)F)nn1-c1ncccc1Cl. The van der Waals surface area contributed by atoms with E-state index in [1.165, 1.54) is 24.4 Å². The molecule has 4 rings (SSSR count). The highest BCUT2D eigenvalue weighted by Gasteiger charge is 2.35. The van der Waals surface area contributed by atoms with Gasteiger partial charge in [0, 0.05) is 11.6 Å². The molecule has 0 bridgehead atoms. The van der Waals surface area contributed by atoms with Crippen molar-refractivity contribution in [1.82, 2.24) is 20.2 Å². The Bertz CT molecular complexity index is 1460. The number of hydrogen-bond acceptors (Lipinski definition) is 5. The molecule has 13 heteroatoms. The number of carbonyl (C=O) groups excluding carboxylic acids is 2. The molecule has 2 aromatic heterocycles. The Hall–Kier alpha value is -3.67. The number of hydrazine groups is 1. The number of alkyl halides is 3. The molecule has 0 atom stereocenters. The highest BCUT2D eigenvalue weighted by molar-refractivity contribution is 6.40. The van der Waals surface area contributed by atoms with Gasteiger partial charge in [-0.25, -0.2) is 15.5 Å². The van der Waals surface area contributed by atoms with Crippen LogP contribution in [0.4, 0.5) is 18.9 Å². The third-order valence-corrected chi connectivity index (χ3v) is 5.67. The second-order valence-electron chi connectivity index (χ2n) is 7.27. The summed E-state index contributed by atoms with van der Waals surface area (Å²) in [4.78, 5) is 29.3. The van der Waals surface area contributed by atoms with E-state index < -0.39 is 30.1 Å². The first-order valence-corrected chi connectivity index (χ1v) is 10.6. The molecule has 2 amide bonds. The van der Waals surface area contributed by atoms with Gasteiger partial charge in [0.1, 0.15) is 0 Å². The number of aromatic nitrogens is 3. The van der Waals surface area contributed by atoms with Crippen molar-refractivity contribution in [3.05, 3.63) is 81.7 Å². The van der Waals surface area contributed by atoms with E-state index in [0.29, 0.717) is 10.8 Å². The normalized spacial score (nSPS) is 11.5. The van der Waals surface area contributed by atoms with Crippen LogP contribution in [0.3, 0.4) is 0 Å². The lowest BCUT2D eigenvalue weighted by Crippen LogP contribution is -2.31. The Balaban J connectivity index is 1.74. The zero-order valence-corrected chi connectivity index (χ0v) is 19.0. The molecule has 0 aliphatic carbocycles. The van der Waals surface area contributed by atoms with Crippen LogP contribution in [-0.4, -0.2) is 26.6 Å². The van der Waals surface area contributed by atoms with Gasteiger partial charge in [0.2, 0.25) is 5.91 Å². The van der Waals surface area contributed by atoms with Crippen molar-refractivity contribution >= 4 is 51.5 Å². The Labute approximate surface area is 205 Å². The minimum absolute atomic E-state index is 0.0261. The van der Waals surface area contributed by atoms with Gasteiger partial charge in [0.15, 0.2) is 11.5 Å². The van der Waals surface area contributed by atoms with E-state index in [0.717, 1.165) is 10.7 Å². The summed E-state index contributed by atoms with van der Waals surface area (Å²) in [6, 6.07) is 12.0. The molecule has 0 saturated carbocycles. The third-order valence-electron chi connectivity index (χ3n) is 4.98. The number of benzene rings is 2. The van der Waals surface area contributed by atoms with Crippen molar-refractivity contribution in [3.63, 3.8) is 0 Å². The lowest BCUT2D eigenvalue weighted by atomic mass is 10.0. The maximum absolute atomic E-state index is 13.4. The first kappa shape index (κ1) is 24.5. The van der Waals surface area contributed by atoms with Gasteiger partial charge in [-0.15, -0.1) is 0 Å². The molecule has 0 unspecified atom stereocenters. The number of anilines is 1. The Kier molecular flexibility index (Phi) is 6.66. The van der Waals surface area contributed by atoms with Gasteiger partial charge in [-0.05, 0) is 29.7 Å². The molecule has 0 aliphatic heterocycles. The molecule has 2 aromatic carbocycles. The number of nitrogens with two attached hydrogens (primary N) is 1. The van der Waals surface area contributed by atoms with Crippen molar-refractivity contribution in [2.45, 2.75) is 12.6 Å². The number of halogens is 5. The predicted molar refractivity (Wildman–Crippen MR) is 124 cm³/mol. The number of pyridine rings is 1. The number of carbonyl (C=O) groups is 2. The second-order valence-corrected chi connectivity index (χ2v) is 8.06. The predicted octanol–water partition coefficient (Wildman–Crippen LogP) is 4.53. The van der Waals surface area contributed by atoms with E-state index in [2.05, 4.69) is 15.4 Å². The fourth-order valence-electron chi connectivity index (χ4n) is 3.43. The quantitative estimate of drug-likeness (QED) is 0.202. The van der Waals surface area contributed by atoms with E-state index >= 15 is 0 Å². The molecule has 35 heavy (non-hydrogen) atoms. The second kappa shape index (κ2) is 9.53.